The number of carbonyl (C=O) groups excluding carboxylic acids is 1. The highest BCUT2D eigenvalue weighted by molar-refractivity contribution is 7.20. The summed E-state index contributed by atoms with van der Waals surface area (Å²) in [4.78, 5) is 11.1. The molecule has 0 bridgehead atoms. The van der Waals surface area contributed by atoms with Crippen LogP contribution in [0, 0.1) is 0 Å². The quantitative estimate of drug-likeness (QED) is 0.766. The van der Waals surface area contributed by atoms with Crippen molar-refractivity contribution in [3.63, 3.8) is 0 Å². The zero-order valence-electron chi connectivity index (χ0n) is 10.2. The molecule has 2 aromatic heterocycles. The normalized spacial score (nSPS) is 11.8. The van der Waals surface area contributed by atoms with E-state index in [2.05, 4.69) is 5.10 Å². The minimum atomic E-state index is -0.192. The van der Waals surface area contributed by atoms with Crippen LogP contribution in [-0.2, 0) is 5.54 Å². The van der Waals surface area contributed by atoms with Crippen molar-refractivity contribution in [1.29, 1.82) is 0 Å². The number of nitrogens with zero attached hydrogens (tertiary/aromatic N) is 2. The number of aldehydes is 1. The Morgan fingerprint density at radius 2 is 2.06 bits per heavy atom. The second-order valence-corrected chi connectivity index (χ2v) is 7.19. The van der Waals surface area contributed by atoms with Crippen LogP contribution < -0.4 is 0 Å². The molecular formula is C12H12Cl2N2OS. The maximum absolute atomic E-state index is 11.1. The second kappa shape index (κ2) is 4.68. The molecular weight excluding hydrogens is 291 g/mol. The van der Waals surface area contributed by atoms with Crippen molar-refractivity contribution in [2.24, 2.45) is 0 Å². The van der Waals surface area contributed by atoms with Gasteiger partial charge in [-0.3, -0.25) is 9.48 Å². The van der Waals surface area contributed by atoms with Gasteiger partial charge in [0.05, 0.1) is 15.4 Å². The molecule has 0 radical (unpaired) electrons. The molecule has 0 aliphatic rings. The van der Waals surface area contributed by atoms with E-state index in [1.54, 1.807) is 16.9 Å². The van der Waals surface area contributed by atoms with Gasteiger partial charge in [-0.1, -0.05) is 23.2 Å². The van der Waals surface area contributed by atoms with Gasteiger partial charge >= 0.3 is 0 Å². The predicted molar refractivity (Wildman–Crippen MR) is 75.9 cm³/mol. The van der Waals surface area contributed by atoms with Crippen LogP contribution in [0.15, 0.2) is 12.3 Å². The molecule has 96 valence electrons. The number of halogens is 2. The van der Waals surface area contributed by atoms with E-state index < -0.39 is 0 Å². The summed E-state index contributed by atoms with van der Waals surface area (Å²) in [5, 5.41) is 4.45. The highest BCUT2D eigenvalue weighted by atomic mass is 35.5. The van der Waals surface area contributed by atoms with Gasteiger partial charge in [0.2, 0.25) is 0 Å². The summed E-state index contributed by atoms with van der Waals surface area (Å²) in [5.41, 5.74) is 1.61. The monoisotopic (exact) mass is 302 g/mol. The SMILES string of the molecule is CC(C)(C)n1cc(C=O)c(-c2cc(Cl)sc2Cl)n1. The Morgan fingerprint density at radius 3 is 2.50 bits per heavy atom. The second-order valence-electron chi connectivity index (χ2n) is 4.90. The standard InChI is InChI=1S/C12H12Cl2N2OS/c1-12(2,3)16-5-7(6-17)10(15-16)8-4-9(13)18-11(8)14/h4-6H,1-3H3. The van der Waals surface area contributed by atoms with Crippen molar-refractivity contribution in [3.05, 3.63) is 26.5 Å². The summed E-state index contributed by atoms with van der Waals surface area (Å²) in [5.74, 6) is 0. The lowest BCUT2D eigenvalue weighted by Crippen LogP contribution is -2.22. The summed E-state index contributed by atoms with van der Waals surface area (Å²) in [6.45, 7) is 6.04. The molecule has 0 fully saturated rings. The Morgan fingerprint density at radius 1 is 1.39 bits per heavy atom. The minimum absolute atomic E-state index is 0.192. The minimum Gasteiger partial charge on any atom is -0.298 e. The maximum Gasteiger partial charge on any atom is 0.153 e. The predicted octanol–water partition coefficient (Wildman–Crippen LogP) is 4.49. The van der Waals surface area contributed by atoms with Crippen LogP contribution in [0.1, 0.15) is 31.1 Å². The van der Waals surface area contributed by atoms with Crippen molar-refractivity contribution >= 4 is 40.8 Å². The molecule has 0 amide bonds. The van der Waals surface area contributed by atoms with Crippen molar-refractivity contribution in [2.45, 2.75) is 26.3 Å². The van der Waals surface area contributed by atoms with Gasteiger partial charge in [-0.05, 0) is 26.8 Å². The van der Waals surface area contributed by atoms with Gasteiger partial charge < -0.3 is 0 Å². The Bertz CT molecular complexity index is 596. The van der Waals surface area contributed by atoms with E-state index in [0.29, 0.717) is 25.5 Å². The molecule has 3 nitrogen and oxygen atoms in total. The largest absolute Gasteiger partial charge is 0.298 e. The van der Waals surface area contributed by atoms with Gasteiger partial charge in [-0.2, -0.15) is 5.10 Å². The van der Waals surface area contributed by atoms with Crippen LogP contribution >= 0.6 is 34.5 Å². The fourth-order valence-corrected chi connectivity index (χ4v) is 2.99. The number of hydrogen-bond donors (Lipinski definition) is 0. The first kappa shape index (κ1) is 13.6. The Balaban J connectivity index is 2.60. The number of aromatic nitrogens is 2. The molecule has 2 rings (SSSR count). The first-order valence-electron chi connectivity index (χ1n) is 5.33. The Hall–Kier alpha value is -0.840. The topological polar surface area (TPSA) is 34.9 Å². The molecule has 18 heavy (non-hydrogen) atoms. The van der Waals surface area contributed by atoms with E-state index in [0.717, 1.165) is 6.29 Å². The lowest BCUT2D eigenvalue weighted by atomic mass is 10.1. The molecule has 6 heteroatoms. The molecule has 0 spiro atoms. The lowest BCUT2D eigenvalue weighted by molar-refractivity contribution is 0.112. The Kier molecular flexibility index (Phi) is 3.54. The fourth-order valence-electron chi connectivity index (χ4n) is 1.53. The fraction of sp³-hybridized carbons (Fsp3) is 0.333. The van der Waals surface area contributed by atoms with Gasteiger partial charge in [0.1, 0.15) is 10.0 Å². The van der Waals surface area contributed by atoms with Gasteiger partial charge in [0.15, 0.2) is 6.29 Å². The van der Waals surface area contributed by atoms with E-state index >= 15 is 0 Å². The van der Waals surface area contributed by atoms with Crippen molar-refractivity contribution in [2.75, 3.05) is 0 Å². The van der Waals surface area contributed by atoms with Gasteiger partial charge in [-0.25, -0.2) is 0 Å². The molecule has 0 atom stereocenters. The lowest BCUT2D eigenvalue weighted by Gasteiger charge is -2.18. The Labute approximate surface area is 119 Å². The zero-order chi connectivity index (χ0) is 13.5. The van der Waals surface area contributed by atoms with Crippen LogP contribution in [0.3, 0.4) is 0 Å². The van der Waals surface area contributed by atoms with E-state index in [4.69, 9.17) is 23.2 Å². The van der Waals surface area contributed by atoms with Crippen LogP contribution in [0.25, 0.3) is 11.3 Å². The van der Waals surface area contributed by atoms with E-state index in [1.165, 1.54) is 11.3 Å². The third-order valence-corrected chi connectivity index (χ3v) is 3.96. The molecule has 0 aromatic carbocycles. The molecule has 0 saturated heterocycles. The number of carbonyl (C=O) groups is 1. The summed E-state index contributed by atoms with van der Waals surface area (Å²) < 4.78 is 2.88. The van der Waals surface area contributed by atoms with Crippen LogP contribution in [0.2, 0.25) is 8.67 Å². The highest BCUT2D eigenvalue weighted by Gasteiger charge is 2.21. The number of hydrogen-bond acceptors (Lipinski definition) is 3. The van der Waals surface area contributed by atoms with E-state index in [9.17, 15) is 4.79 Å². The maximum atomic E-state index is 11.1. The molecule has 0 saturated carbocycles. The van der Waals surface area contributed by atoms with Gasteiger partial charge in [-0.15, -0.1) is 11.3 Å². The van der Waals surface area contributed by atoms with Crippen LogP contribution in [-0.4, -0.2) is 16.1 Å². The molecule has 0 aliphatic carbocycles. The third kappa shape index (κ3) is 2.46. The summed E-state index contributed by atoms with van der Waals surface area (Å²) in [6, 6.07) is 1.73. The van der Waals surface area contributed by atoms with Crippen molar-refractivity contribution in [3.8, 4) is 11.3 Å². The number of rotatable bonds is 2. The highest BCUT2D eigenvalue weighted by Crippen LogP contribution is 2.38. The number of thiophene rings is 1. The van der Waals surface area contributed by atoms with Gasteiger partial charge in [0.25, 0.3) is 0 Å². The summed E-state index contributed by atoms with van der Waals surface area (Å²) in [7, 11) is 0. The molecule has 2 heterocycles. The molecule has 0 unspecified atom stereocenters. The molecule has 2 aromatic rings. The average Bonchev–Trinajstić information content (AvgIpc) is 2.80. The van der Waals surface area contributed by atoms with E-state index in [1.807, 2.05) is 20.8 Å². The van der Waals surface area contributed by atoms with Gasteiger partial charge in [0, 0.05) is 11.8 Å². The van der Waals surface area contributed by atoms with Crippen molar-refractivity contribution < 1.29 is 4.79 Å². The zero-order valence-corrected chi connectivity index (χ0v) is 12.5. The van der Waals surface area contributed by atoms with Crippen LogP contribution in [0.5, 0.6) is 0 Å². The van der Waals surface area contributed by atoms with E-state index in [-0.39, 0.29) is 5.54 Å². The molecule has 0 aliphatic heterocycles. The smallest absolute Gasteiger partial charge is 0.153 e. The van der Waals surface area contributed by atoms with Crippen LogP contribution in [0.4, 0.5) is 0 Å². The molecule has 0 N–H and O–H groups in total. The summed E-state index contributed by atoms with van der Waals surface area (Å²) >= 11 is 13.3. The average molecular weight is 303 g/mol. The summed E-state index contributed by atoms with van der Waals surface area (Å²) in [6.07, 6.45) is 2.51. The first-order valence-corrected chi connectivity index (χ1v) is 6.90. The first-order chi connectivity index (χ1) is 8.32. The third-order valence-electron chi connectivity index (χ3n) is 2.47. The van der Waals surface area contributed by atoms with Crippen molar-refractivity contribution in [1.82, 2.24) is 9.78 Å².